The normalized spacial score (nSPS) is 13.9. The Bertz CT molecular complexity index is 1050. The number of hydrogen-bond donors (Lipinski definition) is 3. The van der Waals surface area contributed by atoms with Gasteiger partial charge < -0.3 is 14.8 Å². The molecular weight excluding hydrogens is 576 g/mol. The number of ether oxygens (including phenoxy) is 2. The number of halogens is 10. The van der Waals surface area contributed by atoms with Gasteiger partial charge in [0.15, 0.2) is 11.5 Å². The molecule has 6 nitrogen and oxygen atoms in total. The van der Waals surface area contributed by atoms with Crippen molar-refractivity contribution in [2.45, 2.75) is 23.8 Å². The molecule has 1 amide bonds. The van der Waals surface area contributed by atoms with Crippen LogP contribution in [0.25, 0.3) is 0 Å². The van der Waals surface area contributed by atoms with Crippen molar-refractivity contribution in [2.24, 2.45) is 0 Å². The van der Waals surface area contributed by atoms with Crippen LogP contribution in [0.1, 0.15) is 15.9 Å². The van der Waals surface area contributed by atoms with Gasteiger partial charge in [-0.05, 0) is 51.8 Å². The van der Waals surface area contributed by atoms with Crippen molar-refractivity contribution in [3.05, 3.63) is 45.9 Å². The molecule has 0 fully saturated rings. The fraction of sp³-hybridized carbons (Fsp3) is 0.278. The lowest BCUT2D eigenvalue weighted by Gasteiger charge is -2.32. The van der Waals surface area contributed by atoms with E-state index in [0.717, 1.165) is 13.2 Å². The van der Waals surface area contributed by atoms with Gasteiger partial charge in [0.2, 0.25) is 0 Å². The van der Waals surface area contributed by atoms with E-state index in [2.05, 4.69) is 32.3 Å². The number of nitrogens with one attached hydrogen (secondary N) is 2. The van der Waals surface area contributed by atoms with Gasteiger partial charge in [-0.15, -0.1) is 0 Å². The summed E-state index contributed by atoms with van der Waals surface area (Å²) in [5.74, 6) is -2.64. The maximum atomic E-state index is 14.7. The average Bonchev–Trinajstić information content (AvgIpc) is 2.72. The molecule has 0 saturated heterocycles. The molecule has 0 aliphatic carbocycles. The van der Waals surface area contributed by atoms with E-state index < -0.39 is 51.2 Å². The lowest BCUT2D eigenvalue weighted by molar-refractivity contribution is -0.286. The Morgan fingerprint density at radius 2 is 1.76 bits per heavy atom. The highest BCUT2D eigenvalue weighted by Crippen LogP contribution is 2.56. The lowest BCUT2D eigenvalue weighted by atomic mass is 9.94. The van der Waals surface area contributed by atoms with Crippen molar-refractivity contribution in [1.82, 2.24) is 0 Å². The topological polar surface area (TPSA) is 79.8 Å². The molecule has 0 aliphatic rings. The van der Waals surface area contributed by atoms with Crippen LogP contribution < -0.4 is 20.3 Å². The smallest absolute Gasteiger partial charge is 0.434 e. The standard InChI is InChI=1S/C18H12BrClF8N2O4/c1-33-13-8(3-2-4-10(13)30-32)14(31)29-12-9(19)5-7(6-11(12)34-15(21)22)16(23,17(20,24)25)18(26,27)28/h2-6,15,30,32H,1H3,(H,29,31). The highest BCUT2D eigenvalue weighted by atomic mass is 79.9. The quantitative estimate of drug-likeness (QED) is 0.183. The molecule has 16 heteroatoms. The monoisotopic (exact) mass is 586 g/mol. The van der Waals surface area contributed by atoms with Crippen LogP contribution >= 0.6 is 27.5 Å². The number of rotatable bonds is 8. The van der Waals surface area contributed by atoms with Gasteiger partial charge >= 0.3 is 23.8 Å². The van der Waals surface area contributed by atoms with Gasteiger partial charge in [-0.2, -0.15) is 30.7 Å². The molecule has 0 saturated carbocycles. The third-order valence-electron chi connectivity index (χ3n) is 4.27. The summed E-state index contributed by atoms with van der Waals surface area (Å²) in [5, 5.41) is 5.57. The van der Waals surface area contributed by atoms with Gasteiger partial charge in [0, 0.05) is 10.0 Å². The van der Waals surface area contributed by atoms with Crippen LogP contribution in [0.3, 0.4) is 0 Å². The zero-order chi connectivity index (χ0) is 26.1. The molecule has 1 unspecified atom stereocenters. The molecule has 0 bridgehead atoms. The molecule has 2 aromatic rings. The van der Waals surface area contributed by atoms with Crippen LogP contribution in [0.4, 0.5) is 46.5 Å². The Morgan fingerprint density at radius 1 is 1.15 bits per heavy atom. The minimum Gasteiger partial charge on any atom is -0.494 e. The molecule has 1 atom stereocenters. The highest BCUT2D eigenvalue weighted by molar-refractivity contribution is 9.10. The Kier molecular flexibility index (Phi) is 8.15. The molecule has 0 radical (unpaired) electrons. The van der Waals surface area contributed by atoms with E-state index >= 15 is 0 Å². The number of para-hydroxylation sites is 1. The SMILES string of the molecule is COc1c(NO)cccc1C(=O)Nc1c(Br)cc(C(F)(C(F)(F)F)C(F)(F)Cl)cc1OC(F)F. The summed E-state index contributed by atoms with van der Waals surface area (Å²) >= 11 is 7.03. The number of methoxy groups -OCH3 is 1. The summed E-state index contributed by atoms with van der Waals surface area (Å²) in [5.41, 5.74) is -6.82. The summed E-state index contributed by atoms with van der Waals surface area (Å²) in [6, 6.07) is 3.79. The maximum Gasteiger partial charge on any atom is 0.434 e. The first kappa shape index (κ1) is 27.7. The van der Waals surface area contributed by atoms with Gasteiger partial charge in [0.1, 0.15) is 5.69 Å². The summed E-state index contributed by atoms with van der Waals surface area (Å²) in [6.45, 7) is -3.72. The Hall–Kier alpha value is -2.52. The van der Waals surface area contributed by atoms with Crippen molar-refractivity contribution in [2.75, 3.05) is 17.9 Å². The van der Waals surface area contributed by atoms with E-state index in [0.29, 0.717) is 0 Å². The first-order valence-electron chi connectivity index (χ1n) is 8.58. The van der Waals surface area contributed by atoms with Crippen LogP contribution in [0.15, 0.2) is 34.8 Å². The van der Waals surface area contributed by atoms with Gasteiger partial charge in [-0.3, -0.25) is 15.5 Å². The number of hydrogen-bond acceptors (Lipinski definition) is 5. The van der Waals surface area contributed by atoms with Crippen LogP contribution in [-0.2, 0) is 5.67 Å². The van der Waals surface area contributed by atoms with Crippen LogP contribution in [0.5, 0.6) is 11.5 Å². The number of benzene rings is 2. The first-order chi connectivity index (χ1) is 15.6. The van der Waals surface area contributed by atoms with Crippen LogP contribution in [-0.4, -0.2) is 36.4 Å². The number of carbonyl (C=O) groups excluding carboxylic acids is 1. The summed E-state index contributed by atoms with van der Waals surface area (Å²) in [4.78, 5) is 12.7. The molecule has 2 aromatic carbocycles. The molecule has 0 aliphatic heterocycles. The molecule has 0 aromatic heterocycles. The minimum atomic E-state index is -6.28. The predicted molar refractivity (Wildman–Crippen MR) is 107 cm³/mol. The largest absolute Gasteiger partial charge is 0.494 e. The third kappa shape index (κ3) is 5.25. The Balaban J connectivity index is 2.67. The van der Waals surface area contributed by atoms with E-state index in [9.17, 15) is 39.9 Å². The van der Waals surface area contributed by atoms with E-state index in [1.807, 2.05) is 5.32 Å². The van der Waals surface area contributed by atoms with E-state index in [-0.39, 0.29) is 29.1 Å². The molecule has 0 spiro atoms. The molecular formula is C18H12BrClF8N2O4. The van der Waals surface area contributed by atoms with Gasteiger partial charge in [0.05, 0.1) is 18.4 Å². The summed E-state index contributed by atoms with van der Waals surface area (Å²) in [6.07, 6.45) is -6.28. The highest BCUT2D eigenvalue weighted by Gasteiger charge is 2.72. The summed E-state index contributed by atoms with van der Waals surface area (Å²) < 4.78 is 116. The second kappa shape index (κ2) is 10.00. The number of carbonyl (C=O) groups is 1. The lowest BCUT2D eigenvalue weighted by Crippen LogP contribution is -2.49. The van der Waals surface area contributed by atoms with Gasteiger partial charge in [-0.1, -0.05) is 6.07 Å². The summed E-state index contributed by atoms with van der Waals surface area (Å²) in [7, 11) is 1.12. The Labute approximate surface area is 198 Å². The van der Waals surface area contributed by atoms with Crippen molar-refractivity contribution in [3.8, 4) is 11.5 Å². The van der Waals surface area contributed by atoms with E-state index in [1.54, 1.807) is 5.48 Å². The van der Waals surface area contributed by atoms with Crippen LogP contribution in [0.2, 0.25) is 0 Å². The molecule has 34 heavy (non-hydrogen) atoms. The fourth-order valence-corrected chi connectivity index (χ4v) is 3.54. The number of anilines is 2. The molecule has 3 N–H and O–H groups in total. The van der Waals surface area contributed by atoms with Crippen molar-refractivity contribution in [3.63, 3.8) is 0 Å². The minimum absolute atomic E-state index is 0.0923. The first-order valence-corrected chi connectivity index (χ1v) is 9.75. The fourth-order valence-electron chi connectivity index (χ4n) is 2.78. The number of amides is 1. The third-order valence-corrected chi connectivity index (χ3v) is 5.16. The van der Waals surface area contributed by atoms with E-state index in [4.69, 9.17) is 9.94 Å². The Morgan fingerprint density at radius 3 is 2.24 bits per heavy atom. The average molecular weight is 588 g/mol. The zero-order valence-corrected chi connectivity index (χ0v) is 18.8. The van der Waals surface area contributed by atoms with Crippen molar-refractivity contribution < 1.29 is 54.6 Å². The van der Waals surface area contributed by atoms with Crippen LogP contribution in [0, 0.1) is 0 Å². The second-order valence-electron chi connectivity index (χ2n) is 6.32. The second-order valence-corrected chi connectivity index (χ2v) is 7.65. The van der Waals surface area contributed by atoms with Crippen molar-refractivity contribution in [1.29, 1.82) is 0 Å². The molecule has 0 heterocycles. The van der Waals surface area contributed by atoms with Gasteiger partial charge in [0.25, 0.3) is 5.91 Å². The van der Waals surface area contributed by atoms with Crippen molar-refractivity contribution >= 4 is 44.8 Å². The maximum absolute atomic E-state index is 14.7. The zero-order valence-electron chi connectivity index (χ0n) is 16.4. The van der Waals surface area contributed by atoms with E-state index in [1.165, 1.54) is 12.1 Å². The molecule has 188 valence electrons. The number of alkyl halides is 9. The molecule has 2 rings (SSSR count). The predicted octanol–water partition coefficient (Wildman–Crippen LogP) is 6.67. The van der Waals surface area contributed by atoms with Gasteiger partial charge in [-0.25, -0.2) is 4.39 Å².